The van der Waals surface area contributed by atoms with Gasteiger partial charge in [0.2, 0.25) is 11.0 Å². The standard InChI is InChI=1S/C8H10O.C4H5N3OS2/c1-7-3-5-8(9-2)6-4-7;1-2(8)5-3-6-7-4(9)10-3/h3-6H,1-2H3;1H3,(H,7,9)(H,5,6,8). The van der Waals surface area contributed by atoms with Gasteiger partial charge in [0, 0.05) is 6.92 Å². The van der Waals surface area contributed by atoms with Crippen LogP contribution in [0.4, 0.5) is 5.13 Å². The Morgan fingerprint density at radius 3 is 2.47 bits per heavy atom. The van der Waals surface area contributed by atoms with E-state index in [4.69, 9.17) is 17.0 Å². The summed E-state index contributed by atoms with van der Waals surface area (Å²) in [6.45, 7) is 3.48. The third-order valence-electron chi connectivity index (χ3n) is 1.98. The van der Waals surface area contributed by atoms with Gasteiger partial charge in [0.05, 0.1) is 7.11 Å². The summed E-state index contributed by atoms with van der Waals surface area (Å²) in [6.07, 6.45) is 0. The number of hydrogen-bond donors (Lipinski definition) is 2. The zero-order valence-electron chi connectivity index (χ0n) is 10.9. The normalized spacial score (nSPS) is 9.21. The van der Waals surface area contributed by atoms with Gasteiger partial charge in [0.25, 0.3) is 0 Å². The molecule has 7 heteroatoms. The molecule has 2 N–H and O–H groups in total. The van der Waals surface area contributed by atoms with Crippen molar-refractivity contribution >= 4 is 34.6 Å². The molecule has 5 nitrogen and oxygen atoms in total. The minimum atomic E-state index is -0.141. The predicted octanol–water partition coefficient (Wildman–Crippen LogP) is 3.16. The molecule has 0 bridgehead atoms. The molecule has 1 aromatic heterocycles. The summed E-state index contributed by atoms with van der Waals surface area (Å²) < 4.78 is 5.53. The maximum Gasteiger partial charge on any atom is 0.223 e. The Morgan fingerprint density at radius 2 is 2.05 bits per heavy atom. The number of ether oxygens (including phenoxy) is 1. The van der Waals surface area contributed by atoms with E-state index in [9.17, 15) is 4.79 Å². The minimum absolute atomic E-state index is 0.141. The van der Waals surface area contributed by atoms with Crippen molar-refractivity contribution in [2.24, 2.45) is 0 Å². The molecule has 0 aliphatic carbocycles. The molecule has 1 aromatic carbocycles. The number of nitrogens with zero attached hydrogens (tertiary/aromatic N) is 1. The Hall–Kier alpha value is -1.73. The number of aryl methyl sites for hydroxylation is 1. The third kappa shape index (κ3) is 6.12. The molecule has 19 heavy (non-hydrogen) atoms. The summed E-state index contributed by atoms with van der Waals surface area (Å²) in [5, 5.41) is 9.26. The van der Waals surface area contributed by atoms with Crippen molar-refractivity contribution in [1.29, 1.82) is 0 Å². The molecule has 102 valence electrons. The van der Waals surface area contributed by atoms with Crippen LogP contribution in [0.15, 0.2) is 24.3 Å². The molecule has 2 aromatic rings. The first-order valence-electron chi connectivity index (χ1n) is 5.45. The second kappa shape index (κ2) is 7.65. The van der Waals surface area contributed by atoms with E-state index < -0.39 is 0 Å². The molecule has 0 fully saturated rings. The largest absolute Gasteiger partial charge is 0.497 e. The number of aromatic amines is 1. The summed E-state index contributed by atoms with van der Waals surface area (Å²) >= 11 is 5.97. The SMILES string of the molecule is CC(=O)Nc1n[nH]c(=S)s1.COc1ccc(C)cc1. The van der Waals surface area contributed by atoms with Crippen molar-refractivity contribution in [3.05, 3.63) is 33.8 Å². The van der Waals surface area contributed by atoms with E-state index in [1.807, 2.05) is 24.3 Å². The second-order valence-electron chi connectivity index (χ2n) is 3.62. The fourth-order valence-corrected chi connectivity index (χ4v) is 1.94. The maximum atomic E-state index is 10.4. The maximum absolute atomic E-state index is 10.4. The number of H-pyrrole nitrogens is 1. The van der Waals surface area contributed by atoms with E-state index in [-0.39, 0.29) is 5.91 Å². The Bertz CT molecular complexity index is 575. The van der Waals surface area contributed by atoms with Gasteiger partial charge in [-0.15, -0.1) is 5.10 Å². The van der Waals surface area contributed by atoms with Crippen molar-refractivity contribution < 1.29 is 9.53 Å². The molecule has 2 rings (SSSR count). The number of nitrogens with one attached hydrogen (secondary N) is 2. The molecule has 0 atom stereocenters. The van der Waals surface area contributed by atoms with Crippen LogP contribution < -0.4 is 10.1 Å². The van der Waals surface area contributed by atoms with Crippen molar-refractivity contribution in [2.45, 2.75) is 13.8 Å². The van der Waals surface area contributed by atoms with E-state index in [0.717, 1.165) is 5.75 Å². The first kappa shape index (κ1) is 15.3. The molecule has 0 saturated carbocycles. The number of anilines is 1. The third-order valence-corrected chi connectivity index (χ3v) is 2.98. The van der Waals surface area contributed by atoms with Gasteiger partial charge in [-0.3, -0.25) is 9.89 Å². The van der Waals surface area contributed by atoms with Crippen LogP contribution in [0.3, 0.4) is 0 Å². The van der Waals surface area contributed by atoms with Gasteiger partial charge in [-0.2, -0.15) is 0 Å². The fourth-order valence-electron chi connectivity index (χ4n) is 1.11. The lowest BCUT2D eigenvalue weighted by molar-refractivity contribution is -0.114. The minimum Gasteiger partial charge on any atom is -0.497 e. The Labute approximate surface area is 120 Å². The van der Waals surface area contributed by atoms with Crippen molar-refractivity contribution in [3.63, 3.8) is 0 Å². The first-order valence-corrected chi connectivity index (χ1v) is 6.67. The Kier molecular flexibility index (Phi) is 6.17. The highest BCUT2D eigenvalue weighted by Gasteiger charge is 1.96. The van der Waals surface area contributed by atoms with Crippen LogP contribution >= 0.6 is 23.6 Å². The van der Waals surface area contributed by atoms with Gasteiger partial charge < -0.3 is 10.1 Å². The number of hydrogen-bond acceptors (Lipinski definition) is 5. The monoisotopic (exact) mass is 297 g/mol. The number of amides is 1. The lowest BCUT2D eigenvalue weighted by Gasteiger charge is -1.97. The van der Waals surface area contributed by atoms with Crippen LogP contribution in [0.25, 0.3) is 0 Å². The van der Waals surface area contributed by atoms with E-state index in [1.165, 1.54) is 23.8 Å². The number of aromatic nitrogens is 2. The summed E-state index contributed by atoms with van der Waals surface area (Å²) in [5.41, 5.74) is 1.26. The number of carbonyl (C=O) groups is 1. The molecule has 0 aliphatic rings. The van der Waals surface area contributed by atoms with Crippen LogP contribution in [-0.2, 0) is 4.79 Å². The highest BCUT2D eigenvalue weighted by molar-refractivity contribution is 7.73. The summed E-state index contributed by atoms with van der Waals surface area (Å²) in [5.74, 6) is 0.776. The summed E-state index contributed by atoms with van der Waals surface area (Å²) in [6, 6.07) is 7.96. The Morgan fingerprint density at radius 1 is 1.42 bits per heavy atom. The number of methoxy groups -OCH3 is 1. The van der Waals surface area contributed by atoms with Gasteiger partial charge in [-0.25, -0.2) is 0 Å². The molecule has 0 saturated heterocycles. The zero-order valence-corrected chi connectivity index (χ0v) is 12.5. The Balaban J connectivity index is 0.000000191. The molecule has 1 amide bonds. The lowest BCUT2D eigenvalue weighted by atomic mass is 10.2. The van der Waals surface area contributed by atoms with Gasteiger partial charge in [0.1, 0.15) is 5.75 Å². The van der Waals surface area contributed by atoms with Crippen LogP contribution in [-0.4, -0.2) is 23.2 Å². The van der Waals surface area contributed by atoms with Gasteiger partial charge in [0.15, 0.2) is 3.95 Å². The van der Waals surface area contributed by atoms with Crippen molar-refractivity contribution in [2.75, 3.05) is 12.4 Å². The molecule has 1 heterocycles. The highest BCUT2D eigenvalue weighted by Crippen LogP contribution is 2.10. The molecule has 0 aliphatic heterocycles. The van der Waals surface area contributed by atoms with Crippen LogP contribution in [0.5, 0.6) is 5.75 Å². The van der Waals surface area contributed by atoms with E-state index >= 15 is 0 Å². The van der Waals surface area contributed by atoms with Gasteiger partial charge in [-0.05, 0) is 31.3 Å². The molecular formula is C12H15N3O2S2. The van der Waals surface area contributed by atoms with Crippen molar-refractivity contribution in [3.8, 4) is 5.75 Å². The fraction of sp³-hybridized carbons (Fsp3) is 0.250. The van der Waals surface area contributed by atoms with Crippen molar-refractivity contribution in [1.82, 2.24) is 10.2 Å². The van der Waals surface area contributed by atoms with Crippen LogP contribution in [0.1, 0.15) is 12.5 Å². The molecule has 0 radical (unpaired) electrons. The number of benzene rings is 1. The summed E-state index contributed by atoms with van der Waals surface area (Å²) in [4.78, 5) is 10.4. The summed E-state index contributed by atoms with van der Waals surface area (Å²) in [7, 11) is 1.67. The van der Waals surface area contributed by atoms with E-state index in [1.54, 1.807) is 7.11 Å². The van der Waals surface area contributed by atoms with Gasteiger partial charge in [-0.1, -0.05) is 29.0 Å². The predicted molar refractivity (Wildman–Crippen MR) is 79.3 cm³/mol. The molecule has 0 unspecified atom stereocenters. The highest BCUT2D eigenvalue weighted by atomic mass is 32.1. The molecule has 0 spiro atoms. The van der Waals surface area contributed by atoms with E-state index in [0.29, 0.717) is 9.09 Å². The van der Waals surface area contributed by atoms with Crippen LogP contribution in [0.2, 0.25) is 0 Å². The number of rotatable bonds is 2. The van der Waals surface area contributed by atoms with Crippen LogP contribution in [0, 0.1) is 10.9 Å². The average molecular weight is 297 g/mol. The molecular weight excluding hydrogens is 282 g/mol. The number of carbonyl (C=O) groups excluding carboxylic acids is 1. The second-order valence-corrected chi connectivity index (χ2v) is 5.28. The van der Waals surface area contributed by atoms with E-state index in [2.05, 4.69) is 22.4 Å². The quantitative estimate of drug-likeness (QED) is 0.836. The zero-order chi connectivity index (χ0) is 14.3. The smallest absolute Gasteiger partial charge is 0.223 e. The topological polar surface area (TPSA) is 67.0 Å². The average Bonchev–Trinajstić information content (AvgIpc) is 2.76. The lowest BCUT2D eigenvalue weighted by Crippen LogP contribution is -2.04. The van der Waals surface area contributed by atoms with Gasteiger partial charge >= 0.3 is 0 Å². The first-order chi connectivity index (χ1) is 9.01.